The number of amides is 2. The third kappa shape index (κ3) is 5.97. The number of nitrogens with one attached hydrogen (secondary N) is 2. The molecule has 19 heavy (non-hydrogen) atoms. The first kappa shape index (κ1) is 15.8. The van der Waals surface area contributed by atoms with E-state index < -0.39 is 0 Å². The van der Waals surface area contributed by atoms with Gasteiger partial charge in [0.1, 0.15) is 0 Å². The maximum atomic E-state index is 11.2. The van der Waals surface area contributed by atoms with E-state index >= 15 is 0 Å². The van der Waals surface area contributed by atoms with Gasteiger partial charge < -0.3 is 0 Å². The Kier molecular flexibility index (Phi) is 7.34. The Morgan fingerprint density at radius 3 is 1.89 bits per heavy atom. The lowest BCUT2D eigenvalue weighted by atomic mass is 10.2. The Bertz CT molecular complexity index is 396. The average Bonchev–Trinajstić information content (AvgIpc) is 2.47. The van der Waals surface area contributed by atoms with E-state index in [9.17, 15) is 9.59 Å². The highest BCUT2D eigenvalue weighted by molar-refractivity contribution is 8.16. The molecule has 1 aromatic rings. The quantitative estimate of drug-likeness (QED) is 0.247. The van der Waals surface area contributed by atoms with Gasteiger partial charge in [0, 0.05) is 0 Å². The molecule has 0 unspecified atom stereocenters. The Balaban J connectivity index is 2.62. The number of carbonyl (C=O) groups excluding carboxylic acids is 2. The van der Waals surface area contributed by atoms with Gasteiger partial charge in [-0.3, -0.25) is 20.4 Å². The van der Waals surface area contributed by atoms with Gasteiger partial charge in [0.05, 0.1) is 16.1 Å². The van der Waals surface area contributed by atoms with Crippen molar-refractivity contribution in [3.63, 3.8) is 0 Å². The van der Waals surface area contributed by atoms with Crippen LogP contribution in [0.3, 0.4) is 0 Å². The molecule has 8 heteroatoms. The largest absolute Gasteiger partial charge is 0.294 e. The van der Waals surface area contributed by atoms with Crippen molar-refractivity contribution in [2.75, 3.05) is 11.5 Å². The smallest absolute Gasteiger partial charge is 0.243 e. The SMILES string of the molecule is NNC(=O)CSC(SCC(=O)NN)c1ccccc1. The highest BCUT2D eigenvalue weighted by atomic mass is 32.2. The molecule has 0 aliphatic heterocycles. The second kappa shape index (κ2) is 8.81. The van der Waals surface area contributed by atoms with Crippen LogP contribution in [0.5, 0.6) is 0 Å². The lowest BCUT2D eigenvalue weighted by Crippen LogP contribution is -2.32. The molecule has 6 nitrogen and oxygen atoms in total. The van der Waals surface area contributed by atoms with Crippen LogP contribution in [0.1, 0.15) is 10.1 Å². The van der Waals surface area contributed by atoms with Gasteiger partial charge in [-0.1, -0.05) is 30.3 Å². The molecule has 0 spiro atoms. The number of hydrogen-bond donors (Lipinski definition) is 4. The van der Waals surface area contributed by atoms with E-state index in [1.807, 2.05) is 30.3 Å². The van der Waals surface area contributed by atoms with E-state index in [0.717, 1.165) is 5.56 Å². The summed E-state index contributed by atoms with van der Waals surface area (Å²) >= 11 is 2.82. The highest BCUT2D eigenvalue weighted by Gasteiger charge is 2.15. The third-order valence-electron chi connectivity index (χ3n) is 2.13. The van der Waals surface area contributed by atoms with Gasteiger partial charge >= 0.3 is 0 Å². The van der Waals surface area contributed by atoms with Gasteiger partial charge in [-0.05, 0) is 5.56 Å². The summed E-state index contributed by atoms with van der Waals surface area (Å²) in [7, 11) is 0. The van der Waals surface area contributed by atoms with E-state index in [1.54, 1.807) is 0 Å². The minimum absolute atomic E-state index is 0.0317. The van der Waals surface area contributed by atoms with Gasteiger partial charge in [0.15, 0.2) is 0 Å². The van der Waals surface area contributed by atoms with Crippen LogP contribution >= 0.6 is 23.5 Å². The zero-order valence-corrected chi connectivity index (χ0v) is 11.8. The summed E-state index contributed by atoms with van der Waals surface area (Å²) in [6.07, 6.45) is 0. The van der Waals surface area contributed by atoms with Crippen molar-refractivity contribution in [1.29, 1.82) is 0 Å². The molecular weight excluding hydrogens is 284 g/mol. The minimum Gasteiger partial charge on any atom is -0.294 e. The predicted octanol–water partition coefficient (Wildman–Crippen LogP) is 0.131. The first-order chi connectivity index (χ1) is 9.17. The number of nitrogens with two attached hydrogens (primary N) is 2. The van der Waals surface area contributed by atoms with Gasteiger partial charge in [0.2, 0.25) is 11.8 Å². The third-order valence-corrected chi connectivity index (χ3v) is 4.95. The molecular formula is C11H16N4O2S2. The van der Waals surface area contributed by atoms with E-state index in [4.69, 9.17) is 11.7 Å². The van der Waals surface area contributed by atoms with Crippen LogP contribution in [0.2, 0.25) is 0 Å². The summed E-state index contributed by atoms with van der Waals surface area (Å²) in [5.41, 5.74) is 5.19. The van der Waals surface area contributed by atoms with Crippen LogP contribution in [0.15, 0.2) is 30.3 Å². The maximum absolute atomic E-state index is 11.2. The van der Waals surface area contributed by atoms with Gasteiger partial charge in [-0.2, -0.15) is 0 Å². The van der Waals surface area contributed by atoms with Crippen molar-refractivity contribution in [2.24, 2.45) is 11.7 Å². The number of carbonyl (C=O) groups is 2. The van der Waals surface area contributed by atoms with Crippen molar-refractivity contribution in [3.8, 4) is 0 Å². The molecule has 0 heterocycles. The summed E-state index contributed by atoms with van der Waals surface area (Å²) in [5.74, 6) is 10.0. The van der Waals surface area contributed by atoms with Crippen molar-refractivity contribution in [3.05, 3.63) is 35.9 Å². The molecule has 1 aromatic carbocycles. The predicted molar refractivity (Wildman–Crippen MR) is 78.8 cm³/mol. The molecule has 1 rings (SSSR count). The van der Waals surface area contributed by atoms with E-state index in [2.05, 4.69) is 10.9 Å². The summed E-state index contributed by atoms with van der Waals surface area (Å²) in [5, 5.41) is 0. The summed E-state index contributed by atoms with van der Waals surface area (Å²) < 4.78 is -0.0317. The van der Waals surface area contributed by atoms with Crippen LogP contribution in [0.25, 0.3) is 0 Å². The monoisotopic (exact) mass is 300 g/mol. The second-order valence-electron chi connectivity index (χ2n) is 3.50. The second-order valence-corrected chi connectivity index (χ2v) is 5.98. The van der Waals surface area contributed by atoms with Crippen LogP contribution in [-0.2, 0) is 9.59 Å². The Morgan fingerprint density at radius 1 is 1.00 bits per heavy atom. The Morgan fingerprint density at radius 2 is 1.47 bits per heavy atom. The van der Waals surface area contributed by atoms with Crippen molar-refractivity contribution in [2.45, 2.75) is 4.58 Å². The number of hydrazine groups is 2. The van der Waals surface area contributed by atoms with E-state index in [0.29, 0.717) is 0 Å². The van der Waals surface area contributed by atoms with Crippen LogP contribution in [0.4, 0.5) is 0 Å². The van der Waals surface area contributed by atoms with Gasteiger partial charge in [-0.25, -0.2) is 11.7 Å². The molecule has 2 amide bonds. The molecule has 6 N–H and O–H groups in total. The molecule has 0 aliphatic rings. The summed E-state index contributed by atoms with van der Waals surface area (Å²) in [6.45, 7) is 0. The average molecular weight is 300 g/mol. The first-order valence-corrected chi connectivity index (χ1v) is 7.54. The van der Waals surface area contributed by atoms with E-state index in [-0.39, 0.29) is 27.9 Å². The van der Waals surface area contributed by atoms with Crippen LogP contribution < -0.4 is 22.5 Å². The number of hydrogen-bond acceptors (Lipinski definition) is 6. The summed E-state index contributed by atoms with van der Waals surface area (Å²) in [4.78, 5) is 22.4. The molecule has 0 aliphatic carbocycles. The number of thioether (sulfide) groups is 2. The lowest BCUT2D eigenvalue weighted by Gasteiger charge is -2.15. The van der Waals surface area contributed by atoms with Crippen LogP contribution in [-0.4, -0.2) is 23.3 Å². The Labute approximate surface area is 120 Å². The van der Waals surface area contributed by atoms with Gasteiger partial charge in [-0.15, -0.1) is 23.5 Å². The van der Waals surface area contributed by atoms with E-state index in [1.165, 1.54) is 23.5 Å². The maximum Gasteiger partial charge on any atom is 0.243 e. The topological polar surface area (TPSA) is 110 Å². The molecule has 0 fully saturated rings. The Hall–Kier alpha value is -1.22. The van der Waals surface area contributed by atoms with Crippen molar-refractivity contribution in [1.82, 2.24) is 10.9 Å². The molecule has 0 atom stereocenters. The zero-order chi connectivity index (χ0) is 14.1. The molecule has 104 valence electrons. The molecule has 0 radical (unpaired) electrons. The molecule has 0 aromatic heterocycles. The number of rotatable bonds is 7. The highest BCUT2D eigenvalue weighted by Crippen LogP contribution is 2.38. The minimum atomic E-state index is -0.255. The zero-order valence-electron chi connectivity index (χ0n) is 10.2. The fourth-order valence-corrected chi connectivity index (χ4v) is 3.50. The molecule has 0 saturated heterocycles. The van der Waals surface area contributed by atoms with Crippen LogP contribution in [0, 0.1) is 0 Å². The number of benzene rings is 1. The fourth-order valence-electron chi connectivity index (χ4n) is 1.24. The normalized spacial score (nSPS) is 10.3. The van der Waals surface area contributed by atoms with Crippen molar-refractivity contribution >= 4 is 35.3 Å². The van der Waals surface area contributed by atoms with Gasteiger partial charge in [0.25, 0.3) is 0 Å². The first-order valence-electron chi connectivity index (χ1n) is 5.44. The lowest BCUT2D eigenvalue weighted by molar-refractivity contribution is -0.119. The molecule has 0 saturated carbocycles. The standard InChI is InChI=1S/C11H16N4O2S2/c12-14-9(16)6-18-11(19-7-10(17)15-13)8-4-2-1-3-5-8/h1-5,11H,6-7,12-13H2,(H,14,16)(H,15,17). The summed E-state index contributed by atoms with van der Waals surface area (Å²) in [6, 6.07) is 9.64. The fraction of sp³-hybridized carbons (Fsp3) is 0.273. The molecule has 0 bridgehead atoms. The van der Waals surface area contributed by atoms with Crippen molar-refractivity contribution < 1.29 is 9.59 Å².